The Hall–Kier alpha value is -0.440. The molecule has 11 heavy (non-hydrogen) atoms. The van der Waals surface area contributed by atoms with Gasteiger partial charge in [0.15, 0.2) is 0 Å². The van der Waals surface area contributed by atoms with Gasteiger partial charge in [0.2, 0.25) is 0 Å². The first-order chi connectivity index (χ1) is 5.07. The fourth-order valence-corrected chi connectivity index (χ4v) is 0.812. The molecule has 0 saturated carbocycles. The molecule has 0 aliphatic heterocycles. The molecule has 0 aromatic rings. The molecule has 0 bridgehead atoms. The first-order valence-corrected chi connectivity index (χ1v) is 4.01. The summed E-state index contributed by atoms with van der Waals surface area (Å²) in [7, 11) is 0. The molecule has 3 nitrogen and oxygen atoms in total. The maximum atomic E-state index is 9.93. The van der Waals surface area contributed by atoms with Gasteiger partial charge in [0, 0.05) is 0 Å². The van der Waals surface area contributed by atoms with Crippen molar-refractivity contribution in [2.24, 2.45) is 5.92 Å². The van der Waals surface area contributed by atoms with Crippen molar-refractivity contribution in [3.05, 3.63) is 0 Å². The Kier molecular flexibility index (Phi) is 5.03. The highest BCUT2D eigenvalue weighted by Gasteiger charge is 2.14. The Morgan fingerprint density at radius 1 is 1.73 bits per heavy atom. The van der Waals surface area contributed by atoms with Gasteiger partial charge < -0.3 is 9.84 Å². The highest BCUT2D eigenvalue weighted by Crippen LogP contribution is 2.13. The van der Waals surface area contributed by atoms with Gasteiger partial charge in [0.1, 0.15) is 6.61 Å². The average molecular weight is 181 g/mol. The molecule has 0 aliphatic carbocycles. The third-order valence-corrected chi connectivity index (χ3v) is 2.18. The summed E-state index contributed by atoms with van der Waals surface area (Å²) in [4.78, 5) is 9.93. The van der Waals surface area contributed by atoms with Crippen LogP contribution in [0.3, 0.4) is 0 Å². The second-order valence-electron chi connectivity index (χ2n) is 2.48. The predicted molar refractivity (Wildman–Crippen MR) is 43.1 cm³/mol. The van der Waals surface area contributed by atoms with E-state index in [9.17, 15) is 4.79 Å². The third kappa shape index (κ3) is 4.90. The van der Waals surface area contributed by atoms with E-state index in [4.69, 9.17) is 16.7 Å². The minimum atomic E-state index is -1.26. The summed E-state index contributed by atoms with van der Waals surface area (Å²) in [6.45, 7) is 4.04. The minimum Gasteiger partial charge on any atom is -0.450 e. The van der Waals surface area contributed by atoms with E-state index in [0.29, 0.717) is 0 Å². The molecule has 1 N–H and O–H groups in total. The number of hydrogen-bond acceptors (Lipinski definition) is 2. The van der Waals surface area contributed by atoms with E-state index in [1.165, 1.54) is 0 Å². The monoisotopic (exact) mass is 180 g/mol. The van der Waals surface area contributed by atoms with Crippen molar-refractivity contribution in [1.82, 2.24) is 0 Å². The third-order valence-electron chi connectivity index (χ3n) is 1.63. The second kappa shape index (κ2) is 5.24. The van der Waals surface area contributed by atoms with E-state index in [1.54, 1.807) is 0 Å². The van der Waals surface area contributed by atoms with Gasteiger partial charge in [-0.15, -0.1) is 11.6 Å². The van der Waals surface area contributed by atoms with E-state index in [0.717, 1.165) is 6.42 Å². The van der Waals surface area contributed by atoms with Crippen LogP contribution in [0, 0.1) is 5.92 Å². The zero-order chi connectivity index (χ0) is 8.85. The standard InChI is InChI=1S/C7H13ClO3/c1-3-5(2)6(8)4-11-7(9)10/h5-6H,3-4H2,1-2H3,(H,9,10)/t5-,6-/m0/s1. The fourth-order valence-electron chi connectivity index (χ4n) is 0.571. The van der Waals surface area contributed by atoms with Crippen molar-refractivity contribution in [2.45, 2.75) is 25.6 Å². The van der Waals surface area contributed by atoms with Crippen LogP contribution in [-0.4, -0.2) is 23.2 Å². The van der Waals surface area contributed by atoms with Gasteiger partial charge in [0.05, 0.1) is 5.38 Å². The summed E-state index contributed by atoms with van der Waals surface area (Å²) < 4.78 is 4.31. The molecule has 0 saturated heterocycles. The number of rotatable bonds is 4. The quantitative estimate of drug-likeness (QED) is 0.534. The summed E-state index contributed by atoms with van der Waals surface area (Å²) in [5.74, 6) is 0.288. The van der Waals surface area contributed by atoms with Gasteiger partial charge in [-0.3, -0.25) is 0 Å². The molecule has 0 aliphatic rings. The minimum absolute atomic E-state index is 0.0753. The molecule has 0 radical (unpaired) electrons. The molecule has 0 fully saturated rings. The maximum absolute atomic E-state index is 9.93. The molecule has 0 rings (SSSR count). The van der Waals surface area contributed by atoms with Gasteiger partial charge in [0.25, 0.3) is 0 Å². The molecule has 66 valence electrons. The highest BCUT2D eigenvalue weighted by atomic mass is 35.5. The molecule has 0 aromatic heterocycles. The van der Waals surface area contributed by atoms with Crippen LogP contribution in [0.15, 0.2) is 0 Å². The van der Waals surface area contributed by atoms with Crippen molar-refractivity contribution in [2.75, 3.05) is 6.61 Å². The van der Waals surface area contributed by atoms with Crippen LogP contribution in [0.5, 0.6) is 0 Å². The summed E-state index contributed by atoms with van der Waals surface area (Å²) in [6, 6.07) is 0. The zero-order valence-electron chi connectivity index (χ0n) is 6.71. The lowest BCUT2D eigenvalue weighted by atomic mass is 10.1. The fraction of sp³-hybridized carbons (Fsp3) is 0.857. The summed E-state index contributed by atoms with van der Waals surface area (Å²) in [6.07, 6.45) is -0.337. The van der Waals surface area contributed by atoms with Crippen LogP contribution < -0.4 is 0 Å². The molecule has 0 aromatic carbocycles. The largest absolute Gasteiger partial charge is 0.505 e. The summed E-state index contributed by atoms with van der Waals surface area (Å²) >= 11 is 5.79. The summed E-state index contributed by atoms with van der Waals surface area (Å²) in [5.41, 5.74) is 0. The van der Waals surface area contributed by atoms with E-state index in [2.05, 4.69) is 4.74 Å². The molecule has 0 unspecified atom stereocenters. The average Bonchev–Trinajstić information content (AvgIpc) is 1.98. The highest BCUT2D eigenvalue weighted by molar-refractivity contribution is 6.20. The molecular formula is C7H13ClO3. The van der Waals surface area contributed by atoms with Crippen LogP contribution in [-0.2, 0) is 4.74 Å². The topological polar surface area (TPSA) is 46.5 Å². The van der Waals surface area contributed by atoms with Gasteiger partial charge >= 0.3 is 6.16 Å². The van der Waals surface area contributed by atoms with Crippen LogP contribution in [0.4, 0.5) is 4.79 Å². The van der Waals surface area contributed by atoms with Crippen molar-refractivity contribution in [3.63, 3.8) is 0 Å². The number of carbonyl (C=O) groups is 1. The first kappa shape index (κ1) is 10.6. The maximum Gasteiger partial charge on any atom is 0.505 e. The summed E-state index contributed by atoms with van der Waals surface area (Å²) in [5, 5.41) is 7.92. The number of alkyl halides is 1. The lowest BCUT2D eigenvalue weighted by molar-refractivity contribution is 0.0879. The van der Waals surface area contributed by atoms with Crippen LogP contribution in [0.25, 0.3) is 0 Å². The molecule has 4 heteroatoms. The predicted octanol–water partition coefficient (Wildman–Crippen LogP) is 2.33. The van der Waals surface area contributed by atoms with Gasteiger partial charge in [-0.1, -0.05) is 20.3 Å². The normalized spacial score (nSPS) is 15.5. The second-order valence-corrected chi connectivity index (χ2v) is 3.04. The first-order valence-electron chi connectivity index (χ1n) is 3.57. The van der Waals surface area contributed by atoms with Crippen molar-refractivity contribution in [3.8, 4) is 0 Å². The Balaban J connectivity index is 3.51. The number of carboxylic acid groups (broad SMARTS) is 1. The molecule has 2 atom stereocenters. The Labute approximate surface area is 71.3 Å². The van der Waals surface area contributed by atoms with Gasteiger partial charge in [-0.2, -0.15) is 0 Å². The lowest BCUT2D eigenvalue weighted by Crippen LogP contribution is -2.19. The Morgan fingerprint density at radius 2 is 2.27 bits per heavy atom. The van der Waals surface area contributed by atoms with E-state index >= 15 is 0 Å². The van der Waals surface area contributed by atoms with Crippen molar-refractivity contribution < 1.29 is 14.6 Å². The van der Waals surface area contributed by atoms with E-state index in [-0.39, 0.29) is 17.9 Å². The van der Waals surface area contributed by atoms with E-state index < -0.39 is 6.16 Å². The zero-order valence-corrected chi connectivity index (χ0v) is 7.47. The number of hydrogen-bond donors (Lipinski definition) is 1. The van der Waals surface area contributed by atoms with E-state index in [1.807, 2.05) is 13.8 Å². The van der Waals surface area contributed by atoms with Crippen LogP contribution >= 0.6 is 11.6 Å². The van der Waals surface area contributed by atoms with Crippen LogP contribution in [0.2, 0.25) is 0 Å². The smallest absolute Gasteiger partial charge is 0.450 e. The molecule has 0 heterocycles. The van der Waals surface area contributed by atoms with Crippen molar-refractivity contribution >= 4 is 17.8 Å². The Bertz CT molecular complexity index is 127. The number of ether oxygens (including phenoxy) is 1. The SMILES string of the molecule is CC[C@H](C)[C@@H](Cl)COC(=O)O. The molecule has 0 amide bonds. The molecule has 0 spiro atoms. The van der Waals surface area contributed by atoms with Gasteiger partial charge in [-0.25, -0.2) is 4.79 Å². The molecular weight excluding hydrogens is 168 g/mol. The number of halogens is 1. The Morgan fingerprint density at radius 3 is 2.64 bits per heavy atom. The van der Waals surface area contributed by atoms with Gasteiger partial charge in [-0.05, 0) is 5.92 Å². The van der Waals surface area contributed by atoms with Crippen molar-refractivity contribution in [1.29, 1.82) is 0 Å². The van der Waals surface area contributed by atoms with Crippen LogP contribution in [0.1, 0.15) is 20.3 Å². The lowest BCUT2D eigenvalue weighted by Gasteiger charge is -2.14.